The maximum Gasteiger partial charge on any atom is 0.404 e. The third-order valence-electron chi connectivity index (χ3n) is 4.29. The monoisotopic (exact) mass is 397 g/mol. The second kappa shape index (κ2) is 5.93. The van der Waals surface area contributed by atoms with E-state index in [1.807, 2.05) is 24.3 Å². The quantitative estimate of drug-likeness (QED) is 0.296. The largest absolute Gasteiger partial charge is 0.404 e. The minimum Gasteiger partial charge on any atom is -0.358 e. The first-order valence-corrected chi connectivity index (χ1v) is 8.44. The normalized spacial score (nSPS) is 11.9. The van der Waals surface area contributed by atoms with Gasteiger partial charge in [0, 0.05) is 5.56 Å². The van der Waals surface area contributed by atoms with Crippen LogP contribution in [0.15, 0.2) is 53.1 Å². The number of benzene rings is 2. The van der Waals surface area contributed by atoms with Crippen LogP contribution in [0.2, 0.25) is 0 Å². The second-order valence-electron chi connectivity index (χ2n) is 5.88. The van der Waals surface area contributed by atoms with Gasteiger partial charge < -0.3 is 10.1 Å². The molecule has 4 rings (SSSR count). The molecule has 0 bridgehead atoms. The van der Waals surface area contributed by atoms with Gasteiger partial charge in [-0.3, -0.25) is 4.79 Å². The zero-order valence-electron chi connectivity index (χ0n) is 13.0. The van der Waals surface area contributed by atoms with Crippen LogP contribution in [0.1, 0.15) is 21.5 Å². The molecule has 25 heavy (non-hydrogen) atoms. The Labute approximate surface area is 151 Å². The topological polar surface area (TPSA) is 78.0 Å². The number of Topliss-reactive ketones (excluding diaryl/α,β-unsaturated/α-hetero) is 1. The fraction of sp³-hybridized carbons (Fsp3) is 0.111. The SMILES string of the molecule is O=C(Cn1cc(Br)c([N+](=O)[O-])n1)c1ccc2c(c1)Cc1ccccc1-2. The summed E-state index contributed by atoms with van der Waals surface area (Å²) in [6.07, 6.45) is 2.25. The van der Waals surface area contributed by atoms with Crippen molar-refractivity contribution in [1.29, 1.82) is 0 Å². The van der Waals surface area contributed by atoms with Crippen molar-refractivity contribution in [3.8, 4) is 11.1 Å². The number of carbonyl (C=O) groups excluding carboxylic acids is 1. The van der Waals surface area contributed by atoms with Crippen LogP contribution in [0.25, 0.3) is 11.1 Å². The molecule has 7 heteroatoms. The molecule has 0 saturated heterocycles. The number of aromatic nitrogens is 2. The lowest BCUT2D eigenvalue weighted by Gasteiger charge is -2.04. The van der Waals surface area contributed by atoms with Gasteiger partial charge in [0.05, 0.1) is 11.3 Å². The average molecular weight is 398 g/mol. The molecule has 1 aliphatic rings. The van der Waals surface area contributed by atoms with Crippen molar-refractivity contribution < 1.29 is 9.72 Å². The van der Waals surface area contributed by atoms with E-state index in [0.29, 0.717) is 5.56 Å². The van der Waals surface area contributed by atoms with Crippen molar-refractivity contribution in [3.63, 3.8) is 0 Å². The van der Waals surface area contributed by atoms with Gasteiger partial charge in [-0.15, -0.1) is 0 Å². The molecule has 0 radical (unpaired) electrons. The van der Waals surface area contributed by atoms with Crippen LogP contribution in [0, 0.1) is 10.1 Å². The molecule has 1 heterocycles. The Balaban J connectivity index is 1.59. The summed E-state index contributed by atoms with van der Waals surface area (Å²) in [5.74, 6) is -0.430. The highest BCUT2D eigenvalue weighted by atomic mass is 79.9. The Morgan fingerprint density at radius 3 is 2.72 bits per heavy atom. The zero-order chi connectivity index (χ0) is 17.6. The fourth-order valence-corrected chi connectivity index (χ4v) is 3.61. The summed E-state index contributed by atoms with van der Waals surface area (Å²) in [5, 5.41) is 14.7. The number of nitro groups is 1. The molecule has 2 aromatic carbocycles. The van der Waals surface area contributed by atoms with E-state index >= 15 is 0 Å². The lowest BCUT2D eigenvalue weighted by molar-refractivity contribution is -0.390. The van der Waals surface area contributed by atoms with Crippen molar-refractivity contribution in [2.75, 3.05) is 0 Å². The van der Waals surface area contributed by atoms with Gasteiger partial charge in [-0.25, -0.2) is 0 Å². The first-order chi connectivity index (χ1) is 12.0. The minimum atomic E-state index is -0.586. The number of hydrogen-bond donors (Lipinski definition) is 0. The molecule has 1 aromatic heterocycles. The first-order valence-electron chi connectivity index (χ1n) is 7.64. The Hall–Kier alpha value is -2.80. The molecule has 124 valence electrons. The van der Waals surface area contributed by atoms with Gasteiger partial charge in [0.1, 0.15) is 11.0 Å². The van der Waals surface area contributed by atoms with E-state index in [0.717, 1.165) is 17.5 Å². The van der Waals surface area contributed by atoms with Gasteiger partial charge in [0.25, 0.3) is 0 Å². The predicted molar refractivity (Wildman–Crippen MR) is 95.6 cm³/mol. The standard InChI is InChI=1S/C18H12BrN3O3/c19-16-9-21(20-18(16)22(24)25)10-17(23)12-5-6-15-13(8-12)7-11-3-1-2-4-14(11)15/h1-6,8-9H,7,10H2. The lowest BCUT2D eigenvalue weighted by Crippen LogP contribution is -2.11. The smallest absolute Gasteiger partial charge is 0.358 e. The van der Waals surface area contributed by atoms with E-state index in [1.54, 1.807) is 6.07 Å². The summed E-state index contributed by atoms with van der Waals surface area (Å²) in [6.45, 7) is -0.0435. The van der Waals surface area contributed by atoms with E-state index in [1.165, 1.54) is 22.0 Å². The van der Waals surface area contributed by atoms with Crippen LogP contribution in [-0.2, 0) is 13.0 Å². The van der Waals surface area contributed by atoms with E-state index < -0.39 is 4.92 Å². The summed E-state index contributed by atoms with van der Waals surface area (Å²) < 4.78 is 1.54. The maximum absolute atomic E-state index is 12.5. The number of carbonyl (C=O) groups is 1. The summed E-state index contributed by atoms with van der Waals surface area (Å²) in [7, 11) is 0. The van der Waals surface area contributed by atoms with Crippen LogP contribution in [0.5, 0.6) is 0 Å². The minimum absolute atomic E-state index is 0.0435. The summed E-state index contributed by atoms with van der Waals surface area (Å²) in [6, 6.07) is 13.9. The predicted octanol–water partition coefficient (Wildman–Crippen LogP) is 4.01. The van der Waals surface area contributed by atoms with Crippen molar-refractivity contribution >= 4 is 27.5 Å². The molecule has 1 aliphatic carbocycles. The van der Waals surface area contributed by atoms with Crippen LogP contribution in [0.3, 0.4) is 0 Å². The lowest BCUT2D eigenvalue weighted by atomic mass is 10.0. The summed E-state index contributed by atoms with van der Waals surface area (Å²) in [5.41, 5.74) is 5.34. The Bertz CT molecular complexity index is 1030. The maximum atomic E-state index is 12.5. The number of halogens is 1. The molecule has 0 atom stereocenters. The zero-order valence-corrected chi connectivity index (χ0v) is 14.6. The highest BCUT2D eigenvalue weighted by molar-refractivity contribution is 9.10. The van der Waals surface area contributed by atoms with Crippen molar-refractivity contribution in [1.82, 2.24) is 9.78 Å². The number of fused-ring (bicyclic) bond motifs is 3. The van der Waals surface area contributed by atoms with Crippen molar-refractivity contribution in [2.24, 2.45) is 0 Å². The molecular weight excluding hydrogens is 386 g/mol. The number of nitrogens with zero attached hydrogens (tertiary/aromatic N) is 3. The van der Waals surface area contributed by atoms with Gasteiger partial charge in [0.15, 0.2) is 5.78 Å². The molecule has 0 saturated carbocycles. The molecule has 0 aliphatic heterocycles. The molecule has 0 fully saturated rings. The van der Waals surface area contributed by atoms with Gasteiger partial charge in [-0.1, -0.05) is 36.4 Å². The average Bonchev–Trinajstić information content (AvgIpc) is 3.14. The molecule has 3 aromatic rings. The van der Waals surface area contributed by atoms with Gasteiger partial charge in [-0.2, -0.15) is 4.68 Å². The van der Waals surface area contributed by atoms with E-state index in [2.05, 4.69) is 33.2 Å². The molecule has 0 unspecified atom stereocenters. The summed E-state index contributed by atoms with van der Waals surface area (Å²) in [4.78, 5) is 22.8. The molecule has 0 spiro atoms. The van der Waals surface area contributed by atoms with E-state index in [9.17, 15) is 14.9 Å². The van der Waals surface area contributed by atoms with Crippen molar-refractivity contribution in [3.05, 3.63) is 79.9 Å². The molecular formula is C18H12BrN3O3. The van der Waals surface area contributed by atoms with E-state index in [-0.39, 0.29) is 22.6 Å². The fourth-order valence-electron chi connectivity index (χ4n) is 3.15. The Kier molecular flexibility index (Phi) is 3.73. The van der Waals surface area contributed by atoms with Crippen LogP contribution >= 0.6 is 15.9 Å². The first kappa shape index (κ1) is 15.7. The summed E-state index contributed by atoms with van der Waals surface area (Å²) >= 11 is 3.08. The third kappa shape index (κ3) is 2.76. The number of ketones is 1. The molecule has 0 amide bonds. The number of hydrogen-bond acceptors (Lipinski definition) is 4. The van der Waals surface area contributed by atoms with Crippen molar-refractivity contribution in [2.45, 2.75) is 13.0 Å². The highest BCUT2D eigenvalue weighted by Crippen LogP contribution is 2.36. The number of rotatable bonds is 4. The molecule has 0 N–H and O–H groups in total. The highest BCUT2D eigenvalue weighted by Gasteiger charge is 2.22. The van der Waals surface area contributed by atoms with Gasteiger partial charge >= 0.3 is 5.82 Å². The Morgan fingerprint density at radius 1 is 1.20 bits per heavy atom. The van der Waals surface area contributed by atoms with E-state index in [4.69, 9.17) is 0 Å². The Morgan fingerprint density at radius 2 is 1.96 bits per heavy atom. The van der Waals surface area contributed by atoms with Crippen LogP contribution in [0.4, 0.5) is 5.82 Å². The molecule has 6 nitrogen and oxygen atoms in total. The van der Waals surface area contributed by atoms with Crippen LogP contribution in [-0.4, -0.2) is 20.5 Å². The van der Waals surface area contributed by atoms with Gasteiger partial charge in [0.2, 0.25) is 0 Å². The van der Waals surface area contributed by atoms with Gasteiger partial charge in [-0.05, 0) is 55.6 Å². The second-order valence-corrected chi connectivity index (χ2v) is 6.74. The van der Waals surface area contributed by atoms with Crippen LogP contribution < -0.4 is 0 Å². The third-order valence-corrected chi connectivity index (χ3v) is 4.85.